The number of aromatic nitrogens is 4. The molecule has 170 valence electrons. The van der Waals surface area contributed by atoms with E-state index in [0.29, 0.717) is 22.7 Å². The van der Waals surface area contributed by atoms with Crippen molar-refractivity contribution in [1.29, 1.82) is 0 Å². The van der Waals surface area contributed by atoms with Crippen molar-refractivity contribution in [2.24, 2.45) is 7.05 Å². The molecule has 0 aliphatic rings. The zero-order valence-electron chi connectivity index (χ0n) is 19.0. The summed E-state index contributed by atoms with van der Waals surface area (Å²) in [4.78, 5) is 18.2. The Balaban J connectivity index is 1.33. The molecule has 0 aliphatic heterocycles. The first-order valence-electron chi connectivity index (χ1n) is 10.4. The Hall–Kier alpha value is -3.17. The van der Waals surface area contributed by atoms with Crippen LogP contribution in [0.1, 0.15) is 21.8 Å². The van der Waals surface area contributed by atoms with Gasteiger partial charge in [0.05, 0.1) is 11.4 Å². The fourth-order valence-corrected chi connectivity index (χ4v) is 4.94. The molecule has 0 radical (unpaired) electrons. The van der Waals surface area contributed by atoms with Crippen LogP contribution in [0.15, 0.2) is 53.7 Å². The van der Waals surface area contributed by atoms with Crippen LogP contribution >= 0.6 is 23.1 Å². The third kappa shape index (κ3) is 5.43. The number of thioether (sulfide) groups is 1. The monoisotopic (exact) mass is 479 g/mol. The third-order valence-corrected chi connectivity index (χ3v) is 7.01. The molecule has 0 bridgehead atoms. The van der Waals surface area contributed by atoms with Crippen LogP contribution in [0.4, 0.5) is 5.13 Å². The summed E-state index contributed by atoms with van der Waals surface area (Å²) in [7, 11) is 1.87. The summed E-state index contributed by atoms with van der Waals surface area (Å²) in [6.45, 7) is 6.35. The minimum absolute atomic E-state index is 0.135. The Morgan fingerprint density at radius 3 is 2.52 bits per heavy atom. The molecule has 0 spiro atoms. The fraction of sp³-hybridized carbons (Fsp3) is 0.250. The Bertz CT molecular complexity index is 1250. The third-order valence-electron chi connectivity index (χ3n) is 5.10. The van der Waals surface area contributed by atoms with Gasteiger partial charge >= 0.3 is 0 Å². The molecule has 4 rings (SSSR count). The van der Waals surface area contributed by atoms with Crippen molar-refractivity contribution in [3.63, 3.8) is 0 Å². The number of anilines is 1. The van der Waals surface area contributed by atoms with E-state index in [9.17, 15) is 4.79 Å². The van der Waals surface area contributed by atoms with E-state index in [1.54, 1.807) is 0 Å². The Morgan fingerprint density at radius 1 is 1.06 bits per heavy atom. The van der Waals surface area contributed by atoms with E-state index in [-0.39, 0.29) is 11.7 Å². The minimum atomic E-state index is -0.135. The van der Waals surface area contributed by atoms with Gasteiger partial charge in [0, 0.05) is 17.5 Å². The lowest BCUT2D eigenvalue weighted by atomic mass is 10.1. The molecule has 9 heteroatoms. The summed E-state index contributed by atoms with van der Waals surface area (Å²) in [5.74, 6) is 1.64. The summed E-state index contributed by atoms with van der Waals surface area (Å²) < 4.78 is 7.84. The summed E-state index contributed by atoms with van der Waals surface area (Å²) in [6.07, 6.45) is 0. The van der Waals surface area contributed by atoms with Crippen LogP contribution in [-0.2, 0) is 18.4 Å². The second-order valence-corrected chi connectivity index (χ2v) is 9.74. The minimum Gasteiger partial charge on any atom is -0.485 e. The van der Waals surface area contributed by atoms with E-state index >= 15 is 0 Å². The molecular formula is C24H25N5O2S2. The molecule has 0 fully saturated rings. The number of carbonyl (C=O) groups is 1. The highest BCUT2D eigenvalue weighted by atomic mass is 32.2. The molecule has 0 aliphatic carbocycles. The van der Waals surface area contributed by atoms with Gasteiger partial charge in [-0.1, -0.05) is 60.3 Å². The van der Waals surface area contributed by atoms with Crippen LogP contribution < -0.4 is 10.1 Å². The number of hydrogen-bond donors (Lipinski definition) is 1. The predicted molar refractivity (Wildman–Crippen MR) is 133 cm³/mol. The number of carbonyl (C=O) groups excluding carboxylic acids is 1. The summed E-state index contributed by atoms with van der Waals surface area (Å²) in [6, 6.07) is 16.0. The van der Waals surface area contributed by atoms with Crippen molar-refractivity contribution in [1.82, 2.24) is 19.7 Å². The van der Waals surface area contributed by atoms with E-state index in [1.807, 2.05) is 80.9 Å². The highest BCUT2D eigenvalue weighted by Crippen LogP contribution is 2.30. The maximum atomic E-state index is 12.5. The Morgan fingerprint density at radius 2 is 1.79 bits per heavy atom. The van der Waals surface area contributed by atoms with Crippen LogP contribution in [0.5, 0.6) is 5.75 Å². The maximum absolute atomic E-state index is 12.5. The standard InChI is InChI=1S/C24H25N5O2S2/c1-15-9-8-10-16(2)22(15)31-13-19-27-28-24(29(19)4)32-14-20(30)25-23-26-21(17(3)33-23)18-11-6-5-7-12-18/h5-12H,13-14H2,1-4H3,(H,25,26,30). The fourth-order valence-electron chi connectivity index (χ4n) is 3.36. The number of thiazole rings is 1. The number of nitrogens with zero attached hydrogens (tertiary/aromatic N) is 4. The summed E-state index contributed by atoms with van der Waals surface area (Å²) in [5, 5.41) is 12.6. The molecule has 2 aromatic heterocycles. The van der Waals surface area contributed by atoms with Crippen molar-refractivity contribution in [2.45, 2.75) is 32.5 Å². The Kier molecular flexibility index (Phi) is 7.10. The predicted octanol–water partition coefficient (Wildman–Crippen LogP) is 5.17. The average molecular weight is 480 g/mol. The van der Waals surface area contributed by atoms with Crippen molar-refractivity contribution >= 4 is 34.1 Å². The number of ether oxygens (including phenoxy) is 1. The molecule has 0 saturated heterocycles. The van der Waals surface area contributed by atoms with Gasteiger partial charge < -0.3 is 14.6 Å². The van der Waals surface area contributed by atoms with Gasteiger partial charge in [0.2, 0.25) is 5.91 Å². The number of benzene rings is 2. The first kappa shape index (κ1) is 23.0. The zero-order valence-corrected chi connectivity index (χ0v) is 20.6. The molecule has 0 atom stereocenters. The van der Waals surface area contributed by atoms with Gasteiger partial charge in [0.1, 0.15) is 12.4 Å². The zero-order chi connectivity index (χ0) is 23.4. The van der Waals surface area contributed by atoms with Crippen LogP contribution in [0.2, 0.25) is 0 Å². The Labute approximate surface area is 201 Å². The number of nitrogens with one attached hydrogen (secondary N) is 1. The average Bonchev–Trinajstić information content (AvgIpc) is 3.34. The lowest BCUT2D eigenvalue weighted by Gasteiger charge is -2.11. The van der Waals surface area contributed by atoms with Crippen LogP contribution in [0.3, 0.4) is 0 Å². The molecule has 1 N–H and O–H groups in total. The molecule has 2 heterocycles. The molecule has 0 unspecified atom stereocenters. The van der Waals surface area contributed by atoms with E-state index in [1.165, 1.54) is 23.1 Å². The molecule has 7 nitrogen and oxygen atoms in total. The largest absolute Gasteiger partial charge is 0.485 e. The highest BCUT2D eigenvalue weighted by Gasteiger charge is 2.15. The number of para-hydroxylation sites is 1. The first-order chi connectivity index (χ1) is 15.9. The SMILES string of the molecule is Cc1cccc(C)c1OCc1nnc(SCC(=O)Nc2nc(-c3ccccc3)c(C)s2)n1C. The maximum Gasteiger partial charge on any atom is 0.236 e. The number of amides is 1. The number of aryl methyl sites for hydroxylation is 3. The summed E-state index contributed by atoms with van der Waals surface area (Å²) >= 11 is 2.80. The van der Waals surface area contributed by atoms with Gasteiger partial charge in [-0.15, -0.1) is 21.5 Å². The van der Waals surface area contributed by atoms with Crippen molar-refractivity contribution < 1.29 is 9.53 Å². The quantitative estimate of drug-likeness (QED) is 0.351. The van der Waals surface area contributed by atoms with E-state index in [2.05, 4.69) is 20.5 Å². The molecule has 0 saturated carbocycles. The van der Waals surface area contributed by atoms with Crippen molar-refractivity contribution in [3.8, 4) is 17.0 Å². The van der Waals surface area contributed by atoms with E-state index in [0.717, 1.165) is 33.0 Å². The van der Waals surface area contributed by atoms with Gasteiger partial charge in [-0.2, -0.15) is 0 Å². The van der Waals surface area contributed by atoms with Crippen molar-refractivity contribution in [2.75, 3.05) is 11.1 Å². The lowest BCUT2D eigenvalue weighted by Crippen LogP contribution is -2.14. The summed E-state index contributed by atoms with van der Waals surface area (Å²) in [5.41, 5.74) is 4.09. The normalized spacial score (nSPS) is 10.9. The smallest absolute Gasteiger partial charge is 0.236 e. The molecule has 33 heavy (non-hydrogen) atoms. The van der Waals surface area contributed by atoms with Crippen LogP contribution in [0, 0.1) is 20.8 Å². The number of rotatable bonds is 8. The van der Waals surface area contributed by atoms with Gasteiger partial charge in [-0.3, -0.25) is 4.79 Å². The molecular weight excluding hydrogens is 454 g/mol. The van der Waals surface area contributed by atoms with Crippen LogP contribution in [-0.4, -0.2) is 31.4 Å². The highest BCUT2D eigenvalue weighted by molar-refractivity contribution is 7.99. The van der Waals surface area contributed by atoms with Gasteiger partial charge in [-0.05, 0) is 31.9 Å². The topological polar surface area (TPSA) is 81.9 Å². The van der Waals surface area contributed by atoms with Gasteiger partial charge in [0.15, 0.2) is 16.1 Å². The van der Waals surface area contributed by atoms with E-state index < -0.39 is 0 Å². The second-order valence-electron chi connectivity index (χ2n) is 7.59. The van der Waals surface area contributed by atoms with Gasteiger partial charge in [0.25, 0.3) is 0 Å². The lowest BCUT2D eigenvalue weighted by molar-refractivity contribution is -0.113. The van der Waals surface area contributed by atoms with Gasteiger partial charge in [-0.25, -0.2) is 4.98 Å². The van der Waals surface area contributed by atoms with E-state index in [4.69, 9.17) is 4.74 Å². The second kappa shape index (κ2) is 10.2. The number of hydrogen-bond acceptors (Lipinski definition) is 7. The first-order valence-corrected chi connectivity index (χ1v) is 12.3. The molecule has 4 aromatic rings. The molecule has 2 aromatic carbocycles. The molecule has 1 amide bonds. The van der Waals surface area contributed by atoms with Crippen LogP contribution in [0.25, 0.3) is 11.3 Å². The van der Waals surface area contributed by atoms with Crippen molar-refractivity contribution in [3.05, 3.63) is 70.4 Å².